The second-order valence-electron chi connectivity index (χ2n) is 11.2. The number of carboxylic acids is 1. The molecule has 2 atom stereocenters. The molecule has 4 N–H and O–H groups in total. The first-order valence-electron chi connectivity index (χ1n) is 14.7. The largest absolute Gasteiger partial charge is 0.550 e. The lowest BCUT2D eigenvalue weighted by molar-refractivity contribution is -0.307. The Labute approximate surface area is 252 Å². The fourth-order valence-corrected chi connectivity index (χ4v) is 5.75. The maximum Gasteiger partial charge on any atom is 0.123 e. The van der Waals surface area contributed by atoms with Crippen molar-refractivity contribution in [2.45, 2.75) is 77.5 Å². The molecule has 1 aromatic heterocycles. The smallest absolute Gasteiger partial charge is 0.123 e. The number of aliphatic hydroxyl groups is 3. The van der Waals surface area contributed by atoms with Crippen LogP contribution in [0.15, 0.2) is 78.9 Å². The highest BCUT2D eigenvalue weighted by atomic mass is 19.1. The summed E-state index contributed by atoms with van der Waals surface area (Å²) in [5.74, 6) is -1.70. The number of aliphatic carboxylic acids is 1. The first-order valence-corrected chi connectivity index (χ1v) is 14.7. The first-order chi connectivity index (χ1) is 20.7. The van der Waals surface area contributed by atoms with E-state index in [1.54, 1.807) is 12.1 Å². The molecule has 0 radical (unpaired) electrons. The number of carbonyl (C=O) groups excluding carboxylic acids is 1. The number of carbonyl (C=O) groups is 1. The van der Waals surface area contributed by atoms with Gasteiger partial charge in [0.25, 0.3) is 0 Å². The minimum absolute atomic E-state index is 0.0251. The Kier molecular flexibility index (Phi) is 11.3. The quantitative estimate of drug-likeness (QED) is 0.163. The van der Waals surface area contributed by atoms with Crippen LogP contribution >= 0.6 is 0 Å². The number of hydrogen-bond donors (Lipinski definition) is 4. The average Bonchev–Trinajstić information content (AvgIpc) is 3.30. The van der Waals surface area contributed by atoms with Gasteiger partial charge in [0, 0.05) is 54.0 Å². The predicted octanol–water partition coefficient (Wildman–Crippen LogP) is 4.51. The molecule has 0 bridgehead atoms. The molecule has 0 saturated heterocycles. The van der Waals surface area contributed by atoms with Gasteiger partial charge in [0.05, 0.1) is 18.8 Å². The highest BCUT2D eigenvalue weighted by Gasteiger charge is 2.27. The van der Waals surface area contributed by atoms with Gasteiger partial charge in [-0.05, 0) is 67.5 Å². The number of aromatic nitrogens is 1. The van der Waals surface area contributed by atoms with Crippen LogP contribution in [0, 0.1) is 5.82 Å². The highest BCUT2D eigenvalue weighted by Crippen LogP contribution is 2.42. The standard InChI is InChI=1S/C35H41FN2O5/c1-23(2)38-31(16-15-29(40)18-30(41)19-33(42)43)34(27-11-13-28(36)14-12-27)35(26-9-4-3-5-10-26)32(38)21-37-20-24-7-6-8-25(17-24)22-39/h3-14,17,23,29-30,37,39-41H,15-16,18-22H2,1-2H3,(H,42,43)/p-1/t29-,30-/m1/s1. The zero-order valence-electron chi connectivity index (χ0n) is 24.7. The summed E-state index contributed by atoms with van der Waals surface area (Å²) in [6.07, 6.45) is -1.99. The maximum atomic E-state index is 14.1. The molecule has 0 amide bonds. The Balaban J connectivity index is 1.79. The lowest BCUT2D eigenvalue weighted by atomic mass is 9.93. The molecule has 0 aliphatic heterocycles. The van der Waals surface area contributed by atoms with Crippen LogP contribution < -0.4 is 10.4 Å². The van der Waals surface area contributed by atoms with Crippen molar-refractivity contribution in [3.63, 3.8) is 0 Å². The Morgan fingerprint density at radius 2 is 1.51 bits per heavy atom. The van der Waals surface area contributed by atoms with E-state index in [1.807, 2.05) is 42.5 Å². The van der Waals surface area contributed by atoms with Crippen molar-refractivity contribution in [3.05, 3.63) is 107 Å². The molecule has 0 aliphatic rings. The number of benzene rings is 3. The van der Waals surface area contributed by atoms with E-state index in [0.717, 1.165) is 44.8 Å². The summed E-state index contributed by atoms with van der Waals surface area (Å²) in [7, 11) is 0. The third kappa shape index (κ3) is 8.39. The van der Waals surface area contributed by atoms with Gasteiger partial charge in [0.1, 0.15) is 5.82 Å². The van der Waals surface area contributed by atoms with Gasteiger partial charge in [-0.25, -0.2) is 4.39 Å². The molecule has 0 unspecified atom stereocenters. The Morgan fingerprint density at radius 1 is 0.860 bits per heavy atom. The molecule has 0 saturated carbocycles. The van der Waals surface area contributed by atoms with Gasteiger partial charge in [-0.15, -0.1) is 0 Å². The van der Waals surface area contributed by atoms with Gasteiger partial charge in [0.15, 0.2) is 0 Å². The van der Waals surface area contributed by atoms with Gasteiger partial charge in [-0.1, -0.05) is 66.7 Å². The van der Waals surface area contributed by atoms with Gasteiger partial charge in [0.2, 0.25) is 0 Å². The van der Waals surface area contributed by atoms with Crippen molar-refractivity contribution >= 4 is 5.97 Å². The fourth-order valence-electron chi connectivity index (χ4n) is 5.75. The summed E-state index contributed by atoms with van der Waals surface area (Å²) in [5.41, 5.74) is 7.71. The molecule has 7 nitrogen and oxygen atoms in total. The summed E-state index contributed by atoms with van der Waals surface area (Å²) in [5, 5.41) is 44.9. The van der Waals surface area contributed by atoms with E-state index in [9.17, 15) is 29.6 Å². The zero-order valence-corrected chi connectivity index (χ0v) is 24.7. The van der Waals surface area contributed by atoms with E-state index in [0.29, 0.717) is 25.9 Å². The van der Waals surface area contributed by atoms with Crippen LogP contribution in [0.4, 0.5) is 4.39 Å². The third-order valence-corrected chi connectivity index (χ3v) is 7.58. The number of halogens is 1. The number of aliphatic hydroxyl groups excluding tert-OH is 3. The molecule has 1 heterocycles. The molecule has 8 heteroatoms. The SMILES string of the molecule is CC(C)n1c(CC[C@@H](O)C[C@@H](O)CC(=O)[O-])c(-c2ccc(F)cc2)c(-c2ccccc2)c1CNCc1cccc(CO)c1. The zero-order chi connectivity index (χ0) is 30.9. The molecule has 228 valence electrons. The van der Waals surface area contributed by atoms with Crippen LogP contribution in [0.25, 0.3) is 22.3 Å². The van der Waals surface area contributed by atoms with Gasteiger partial charge in [-0.3, -0.25) is 0 Å². The van der Waals surface area contributed by atoms with Gasteiger partial charge in [-0.2, -0.15) is 0 Å². The molecule has 0 fully saturated rings. The van der Waals surface area contributed by atoms with E-state index >= 15 is 0 Å². The molecule has 0 spiro atoms. The second kappa shape index (κ2) is 15.1. The first kappa shape index (κ1) is 32.1. The van der Waals surface area contributed by atoms with E-state index in [2.05, 4.69) is 35.9 Å². The second-order valence-corrected chi connectivity index (χ2v) is 11.2. The van der Waals surface area contributed by atoms with Crippen LogP contribution in [0.1, 0.15) is 61.7 Å². The number of nitrogens with zero attached hydrogens (tertiary/aromatic N) is 1. The molecule has 4 aromatic rings. The van der Waals surface area contributed by atoms with E-state index < -0.39 is 24.6 Å². The third-order valence-electron chi connectivity index (χ3n) is 7.58. The molecule has 0 aliphatic carbocycles. The number of rotatable bonds is 15. The van der Waals surface area contributed by atoms with E-state index in [-0.39, 0.29) is 24.9 Å². The Hall–Kier alpha value is -3.82. The molecule has 3 aromatic carbocycles. The summed E-state index contributed by atoms with van der Waals surface area (Å²) in [6, 6.07) is 24.3. The van der Waals surface area contributed by atoms with Crippen molar-refractivity contribution in [2.24, 2.45) is 0 Å². The van der Waals surface area contributed by atoms with Gasteiger partial charge < -0.3 is 35.1 Å². The normalized spacial score (nSPS) is 12.9. The minimum Gasteiger partial charge on any atom is -0.550 e. The van der Waals surface area contributed by atoms with Gasteiger partial charge >= 0.3 is 0 Å². The number of nitrogens with one attached hydrogen (secondary N) is 1. The average molecular weight is 588 g/mol. The maximum absolute atomic E-state index is 14.1. The van der Waals surface area contributed by atoms with Crippen molar-refractivity contribution in [2.75, 3.05) is 0 Å². The fraction of sp³-hybridized carbons (Fsp3) is 0.343. The van der Waals surface area contributed by atoms with Crippen molar-refractivity contribution < 1.29 is 29.6 Å². The van der Waals surface area contributed by atoms with Crippen molar-refractivity contribution in [1.29, 1.82) is 0 Å². The lowest BCUT2D eigenvalue weighted by Crippen LogP contribution is -2.29. The van der Waals surface area contributed by atoms with E-state index in [1.165, 1.54) is 12.1 Å². The van der Waals surface area contributed by atoms with Crippen molar-refractivity contribution in [3.8, 4) is 22.3 Å². The minimum atomic E-state index is -1.36. The monoisotopic (exact) mass is 587 g/mol. The Morgan fingerprint density at radius 3 is 2.16 bits per heavy atom. The van der Waals surface area contributed by atoms with Crippen LogP contribution in [0.2, 0.25) is 0 Å². The highest BCUT2D eigenvalue weighted by molar-refractivity contribution is 5.88. The summed E-state index contributed by atoms with van der Waals surface area (Å²) in [4.78, 5) is 10.9. The summed E-state index contributed by atoms with van der Waals surface area (Å²) >= 11 is 0. The van der Waals surface area contributed by atoms with Crippen LogP contribution in [0.3, 0.4) is 0 Å². The number of carboxylic acid groups (broad SMARTS) is 1. The van der Waals surface area contributed by atoms with Crippen LogP contribution in [0.5, 0.6) is 0 Å². The van der Waals surface area contributed by atoms with E-state index in [4.69, 9.17) is 0 Å². The predicted molar refractivity (Wildman–Crippen MR) is 163 cm³/mol. The number of hydrogen-bond acceptors (Lipinski definition) is 6. The summed E-state index contributed by atoms with van der Waals surface area (Å²) < 4.78 is 16.3. The molecule has 4 rings (SSSR count). The molecular weight excluding hydrogens is 547 g/mol. The van der Waals surface area contributed by atoms with Crippen LogP contribution in [-0.2, 0) is 30.9 Å². The summed E-state index contributed by atoms with van der Waals surface area (Å²) in [6.45, 7) is 5.28. The molecule has 43 heavy (non-hydrogen) atoms. The van der Waals surface area contributed by atoms with Crippen molar-refractivity contribution in [1.82, 2.24) is 9.88 Å². The van der Waals surface area contributed by atoms with Crippen LogP contribution in [-0.4, -0.2) is 38.1 Å². The Bertz CT molecular complexity index is 1480. The molecular formula is C35H40FN2O5-. The lowest BCUT2D eigenvalue weighted by Gasteiger charge is -2.21. The topological polar surface area (TPSA) is 118 Å².